The standard InChI is InChI=1S/C13H14N2O4/c16-11-3-1-2-4-12(17)15(11)8-10-6-5-9(7-14-10)13(18)19/h5-7H,1-4,8H2,(H,18,19). The molecule has 0 saturated carbocycles. The number of likely N-dealkylation sites (tertiary alicyclic amines) is 1. The van der Waals surface area contributed by atoms with Crippen LogP contribution in [0.25, 0.3) is 0 Å². The van der Waals surface area contributed by atoms with Crippen LogP contribution in [-0.2, 0) is 16.1 Å². The molecule has 0 bridgehead atoms. The van der Waals surface area contributed by atoms with E-state index in [0.717, 1.165) is 12.8 Å². The summed E-state index contributed by atoms with van der Waals surface area (Å²) >= 11 is 0. The van der Waals surface area contributed by atoms with Gasteiger partial charge in [0.1, 0.15) is 0 Å². The summed E-state index contributed by atoms with van der Waals surface area (Å²) in [5, 5.41) is 8.76. The van der Waals surface area contributed by atoms with Crippen molar-refractivity contribution in [2.75, 3.05) is 0 Å². The van der Waals surface area contributed by atoms with Crippen molar-refractivity contribution in [2.45, 2.75) is 32.2 Å². The zero-order valence-corrected chi connectivity index (χ0v) is 10.3. The van der Waals surface area contributed by atoms with Crippen LogP contribution in [0.5, 0.6) is 0 Å². The number of hydrogen-bond acceptors (Lipinski definition) is 4. The third-order valence-electron chi connectivity index (χ3n) is 3.03. The van der Waals surface area contributed by atoms with Gasteiger partial charge in [0.2, 0.25) is 11.8 Å². The quantitative estimate of drug-likeness (QED) is 0.827. The van der Waals surface area contributed by atoms with Gasteiger partial charge < -0.3 is 5.11 Å². The Morgan fingerprint density at radius 3 is 2.32 bits per heavy atom. The number of carboxylic acid groups (broad SMARTS) is 1. The molecule has 2 heterocycles. The molecule has 0 unspecified atom stereocenters. The first-order valence-electron chi connectivity index (χ1n) is 6.09. The van der Waals surface area contributed by atoms with Crippen molar-refractivity contribution >= 4 is 17.8 Å². The predicted molar refractivity (Wildman–Crippen MR) is 65.2 cm³/mol. The Morgan fingerprint density at radius 2 is 1.84 bits per heavy atom. The largest absolute Gasteiger partial charge is 0.478 e. The molecule has 1 saturated heterocycles. The lowest BCUT2D eigenvalue weighted by atomic mass is 10.2. The lowest BCUT2D eigenvalue weighted by Gasteiger charge is -2.18. The van der Waals surface area contributed by atoms with E-state index in [0.29, 0.717) is 18.5 Å². The third kappa shape index (κ3) is 3.15. The summed E-state index contributed by atoms with van der Waals surface area (Å²) in [5.74, 6) is -1.43. The minimum atomic E-state index is -1.05. The van der Waals surface area contributed by atoms with Crippen LogP contribution in [0.4, 0.5) is 0 Å². The third-order valence-corrected chi connectivity index (χ3v) is 3.03. The van der Waals surface area contributed by atoms with E-state index in [9.17, 15) is 14.4 Å². The minimum absolute atomic E-state index is 0.0808. The maximum absolute atomic E-state index is 11.8. The van der Waals surface area contributed by atoms with Crippen LogP contribution >= 0.6 is 0 Å². The topological polar surface area (TPSA) is 87.6 Å². The van der Waals surface area contributed by atoms with Gasteiger partial charge in [-0.1, -0.05) is 0 Å². The molecule has 100 valence electrons. The summed E-state index contributed by atoms with van der Waals surface area (Å²) in [6, 6.07) is 2.94. The number of carboxylic acids is 1. The van der Waals surface area contributed by atoms with Crippen LogP contribution in [-0.4, -0.2) is 32.8 Å². The highest BCUT2D eigenvalue weighted by Gasteiger charge is 2.24. The fraction of sp³-hybridized carbons (Fsp3) is 0.385. The van der Waals surface area contributed by atoms with Gasteiger partial charge in [-0.15, -0.1) is 0 Å². The Labute approximate surface area is 110 Å². The van der Waals surface area contributed by atoms with E-state index in [1.54, 1.807) is 0 Å². The zero-order chi connectivity index (χ0) is 13.8. The number of amides is 2. The van der Waals surface area contributed by atoms with E-state index in [1.165, 1.54) is 23.2 Å². The lowest BCUT2D eigenvalue weighted by Crippen LogP contribution is -2.34. The number of aromatic nitrogens is 1. The Balaban J connectivity index is 2.12. The van der Waals surface area contributed by atoms with Gasteiger partial charge in [0.15, 0.2) is 0 Å². The monoisotopic (exact) mass is 262 g/mol. The zero-order valence-electron chi connectivity index (χ0n) is 10.3. The maximum atomic E-state index is 11.8. The number of rotatable bonds is 3. The number of carbonyl (C=O) groups excluding carboxylic acids is 2. The average Bonchev–Trinajstić information content (AvgIpc) is 2.54. The summed E-state index contributed by atoms with van der Waals surface area (Å²) < 4.78 is 0. The van der Waals surface area contributed by atoms with Gasteiger partial charge in [0.25, 0.3) is 0 Å². The van der Waals surface area contributed by atoms with Crippen molar-refractivity contribution in [1.82, 2.24) is 9.88 Å². The van der Waals surface area contributed by atoms with Crippen LogP contribution < -0.4 is 0 Å². The second-order valence-electron chi connectivity index (χ2n) is 4.42. The molecule has 0 atom stereocenters. The van der Waals surface area contributed by atoms with Gasteiger partial charge in [-0.25, -0.2) is 4.79 Å². The highest BCUT2D eigenvalue weighted by Crippen LogP contribution is 2.15. The van der Waals surface area contributed by atoms with Gasteiger partial charge >= 0.3 is 5.97 Å². The number of aromatic carboxylic acids is 1. The van der Waals surface area contributed by atoms with Crippen LogP contribution in [0.1, 0.15) is 41.7 Å². The molecule has 0 radical (unpaired) electrons. The average molecular weight is 262 g/mol. The number of pyridine rings is 1. The highest BCUT2D eigenvalue weighted by molar-refractivity contribution is 5.95. The summed E-state index contributed by atoms with van der Waals surface area (Å²) in [6.45, 7) is 0.109. The van der Waals surface area contributed by atoms with E-state index in [1.807, 2.05) is 0 Å². The predicted octanol–water partition coefficient (Wildman–Crippen LogP) is 1.21. The first-order chi connectivity index (χ1) is 9.08. The van der Waals surface area contributed by atoms with E-state index in [2.05, 4.69) is 4.98 Å². The number of carbonyl (C=O) groups is 3. The summed E-state index contributed by atoms with van der Waals surface area (Å²) in [6.07, 6.45) is 3.43. The summed E-state index contributed by atoms with van der Waals surface area (Å²) in [5.41, 5.74) is 0.589. The van der Waals surface area contributed by atoms with E-state index in [4.69, 9.17) is 5.11 Å². The number of hydrogen-bond donors (Lipinski definition) is 1. The molecule has 19 heavy (non-hydrogen) atoms. The molecule has 1 aliphatic heterocycles. The molecule has 2 rings (SSSR count). The molecule has 0 aromatic carbocycles. The van der Waals surface area contributed by atoms with E-state index >= 15 is 0 Å². The fourth-order valence-electron chi connectivity index (χ4n) is 1.94. The first-order valence-corrected chi connectivity index (χ1v) is 6.09. The molecule has 6 heteroatoms. The molecule has 0 spiro atoms. The van der Waals surface area contributed by atoms with Gasteiger partial charge in [0.05, 0.1) is 17.8 Å². The van der Waals surface area contributed by atoms with Crippen molar-refractivity contribution in [3.05, 3.63) is 29.6 Å². The van der Waals surface area contributed by atoms with E-state index < -0.39 is 5.97 Å². The van der Waals surface area contributed by atoms with Crippen LogP contribution in [0, 0.1) is 0 Å². The summed E-state index contributed by atoms with van der Waals surface area (Å²) in [7, 11) is 0. The molecule has 2 amide bonds. The maximum Gasteiger partial charge on any atom is 0.337 e. The molecule has 1 aromatic rings. The SMILES string of the molecule is O=C(O)c1ccc(CN2C(=O)CCCCC2=O)nc1. The highest BCUT2D eigenvalue weighted by atomic mass is 16.4. The van der Waals surface area contributed by atoms with Crippen molar-refractivity contribution in [3.63, 3.8) is 0 Å². The Bertz CT molecular complexity index is 492. The molecule has 1 fully saturated rings. The molecule has 1 aliphatic rings. The van der Waals surface area contributed by atoms with Crippen molar-refractivity contribution in [1.29, 1.82) is 0 Å². The Hall–Kier alpha value is -2.24. The molecular weight excluding hydrogens is 248 g/mol. The summed E-state index contributed by atoms with van der Waals surface area (Å²) in [4.78, 5) is 39.4. The molecule has 0 aliphatic carbocycles. The Morgan fingerprint density at radius 1 is 1.21 bits per heavy atom. The van der Waals surface area contributed by atoms with Crippen molar-refractivity contribution < 1.29 is 19.5 Å². The number of nitrogens with zero attached hydrogens (tertiary/aromatic N) is 2. The van der Waals surface area contributed by atoms with Gasteiger partial charge in [-0.05, 0) is 25.0 Å². The first kappa shape index (κ1) is 13.2. The van der Waals surface area contributed by atoms with Gasteiger partial charge in [-0.2, -0.15) is 0 Å². The Kier molecular flexibility index (Phi) is 3.89. The normalized spacial score (nSPS) is 16.3. The van der Waals surface area contributed by atoms with Gasteiger partial charge in [0, 0.05) is 19.0 Å². The molecule has 1 N–H and O–H groups in total. The van der Waals surface area contributed by atoms with Gasteiger partial charge in [-0.3, -0.25) is 19.5 Å². The van der Waals surface area contributed by atoms with Crippen molar-refractivity contribution in [2.24, 2.45) is 0 Å². The van der Waals surface area contributed by atoms with Crippen molar-refractivity contribution in [3.8, 4) is 0 Å². The number of imide groups is 1. The van der Waals surface area contributed by atoms with Crippen LogP contribution in [0.15, 0.2) is 18.3 Å². The second-order valence-corrected chi connectivity index (χ2v) is 4.42. The smallest absolute Gasteiger partial charge is 0.337 e. The van der Waals surface area contributed by atoms with E-state index in [-0.39, 0.29) is 23.9 Å². The molecular formula is C13H14N2O4. The van der Waals surface area contributed by atoms with Crippen LogP contribution in [0.2, 0.25) is 0 Å². The molecule has 6 nitrogen and oxygen atoms in total. The fourth-order valence-corrected chi connectivity index (χ4v) is 1.94. The second kappa shape index (κ2) is 5.60. The minimum Gasteiger partial charge on any atom is -0.478 e. The lowest BCUT2D eigenvalue weighted by molar-refractivity contribution is -0.144. The van der Waals surface area contributed by atoms with Crippen LogP contribution in [0.3, 0.4) is 0 Å². The molecule has 1 aromatic heterocycles.